The molecule has 21 heavy (non-hydrogen) atoms. The Balaban J connectivity index is 1.75. The van der Waals surface area contributed by atoms with Crippen molar-refractivity contribution < 1.29 is 12.8 Å². The Morgan fingerprint density at radius 2 is 2.19 bits per heavy atom. The van der Waals surface area contributed by atoms with Crippen LogP contribution in [-0.4, -0.2) is 30.2 Å². The number of aromatic nitrogens is 1. The van der Waals surface area contributed by atoms with Gasteiger partial charge in [-0.1, -0.05) is 18.2 Å². The second-order valence-electron chi connectivity index (χ2n) is 5.56. The predicted molar refractivity (Wildman–Crippen MR) is 85.2 cm³/mol. The highest BCUT2D eigenvalue weighted by Gasteiger charge is 2.30. The van der Waals surface area contributed by atoms with Crippen molar-refractivity contribution in [1.29, 1.82) is 0 Å². The van der Waals surface area contributed by atoms with Crippen molar-refractivity contribution in [3.05, 3.63) is 18.2 Å². The molecule has 2 N–H and O–H groups in total. The van der Waals surface area contributed by atoms with Crippen molar-refractivity contribution in [1.82, 2.24) is 4.98 Å². The van der Waals surface area contributed by atoms with E-state index in [4.69, 9.17) is 10.2 Å². The summed E-state index contributed by atoms with van der Waals surface area (Å²) in [6, 6.07) is 5.38. The van der Waals surface area contributed by atoms with Crippen LogP contribution in [0, 0.1) is 0 Å². The molecule has 0 saturated heterocycles. The first kappa shape index (κ1) is 14.7. The number of nitrogens with zero attached hydrogens (tertiary/aromatic N) is 1. The van der Waals surface area contributed by atoms with Gasteiger partial charge in [0.2, 0.25) is 0 Å². The highest BCUT2D eigenvalue weighted by molar-refractivity contribution is 7.99. The van der Waals surface area contributed by atoms with Gasteiger partial charge >= 0.3 is 0 Å². The second kappa shape index (κ2) is 5.53. The third-order valence-electron chi connectivity index (χ3n) is 3.84. The molecule has 5 nitrogen and oxygen atoms in total. The molecule has 7 heteroatoms. The molecule has 1 aromatic heterocycles. The highest BCUT2D eigenvalue weighted by Crippen LogP contribution is 2.36. The summed E-state index contributed by atoms with van der Waals surface area (Å²) in [7, 11) is -2.96. The Kier molecular flexibility index (Phi) is 3.88. The molecule has 1 aliphatic carbocycles. The molecule has 1 heterocycles. The first-order valence-electron chi connectivity index (χ1n) is 6.93. The molecule has 1 aliphatic rings. The average Bonchev–Trinajstić information content (AvgIpc) is 2.79. The van der Waals surface area contributed by atoms with Crippen molar-refractivity contribution >= 4 is 38.4 Å². The van der Waals surface area contributed by atoms with Crippen LogP contribution in [0.2, 0.25) is 0 Å². The lowest BCUT2D eigenvalue weighted by atomic mass is 10.00. The van der Waals surface area contributed by atoms with Gasteiger partial charge in [-0.15, -0.1) is 0 Å². The molecule has 0 spiro atoms. The number of fused-ring (bicyclic) bond motifs is 1. The Morgan fingerprint density at radius 3 is 2.95 bits per heavy atom. The van der Waals surface area contributed by atoms with E-state index in [0.717, 1.165) is 24.8 Å². The lowest BCUT2D eigenvalue weighted by molar-refractivity contribution is 0.472. The van der Waals surface area contributed by atoms with E-state index < -0.39 is 9.84 Å². The number of nitrogen functional groups attached to an aromatic ring is 1. The molecular formula is C14H18N2O3S2. The summed E-state index contributed by atoms with van der Waals surface area (Å²) in [5.41, 5.74) is 7.82. The molecule has 2 atom stereocenters. The van der Waals surface area contributed by atoms with E-state index in [-0.39, 0.29) is 10.5 Å². The summed E-state index contributed by atoms with van der Waals surface area (Å²) in [4.78, 5) is 4.43. The summed E-state index contributed by atoms with van der Waals surface area (Å²) < 4.78 is 29.1. The standard InChI is InChI=1S/C14H18N2O3S2/c1-21(17,18)11-4-2-3-10(8-11)20-14-16-12-6-5-9(15)7-13(12)19-14/h5-7,10-11H,2-4,8,15H2,1H3. The molecule has 114 valence electrons. The molecule has 0 aliphatic heterocycles. The van der Waals surface area contributed by atoms with Crippen LogP contribution in [0.5, 0.6) is 0 Å². The fraction of sp³-hybridized carbons (Fsp3) is 0.500. The quantitative estimate of drug-likeness (QED) is 0.873. The first-order valence-corrected chi connectivity index (χ1v) is 9.77. The third-order valence-corrected chi connectivity index (χ3v) is 6.62. The van der Waals surface area contributed by atoms with Crippen LogP contribution in [-0.2, 0) is 9.84 Å². The molecular weight excluding hydrogens is 308 g/mol. The Bertz CT molecular complexity index is 755. The Morgan fingerprint density at radius 1 is 1.38 bits per heavy atom. The smallest absolute Gasteiger partial charge is 0.257 e. The minimum absolute atomic E-state index is 0.233. The number of hydrogen-bond donors (Lipinski definition) is 1. The van der Waals surface area contributed by atoms with E-state index in [1.807, 2.05) is 6.07 Å². The predicted octanol–water partition coefficient (Wildman–Crippen LogP) is 2.86. The number of nitrogens with two attached hydrogens (primary N) is 1. The van der Waals surface area contributed by atoms with Crippen molar-refractivity contribution in [3.63, 3.8) is 0 Å². The van der Waals surface area contributed by atoms with E-state index in [1.165, 1.54) is 18.0 Å². The van der Waals surface area contributed by atoms with E-state index in [0.29, 0.717) is 22.9 Å². The van der Waals surface area contributed by atoms with Gasteiger partial charge in [0.05, 0.1) is 5.25 Å². The fourth-order valence-electron chi connectivity index (χ4n) is 2.71. The molecule has 0 bridgehead atoms. The van der Waals surface area contributed by atoms with E-state index in [9.17, 15) is 8.42 Å². The van der Waals surface area contributed by atoms with Gasteiger partial charge in [-0.05, 0) is 31.4 Å². The maximum atomic E-state index is 11.7. The van der Waals surface area contributed by atoms with Crippen molar-refractivity contribution in [2.24, 2.45) is 0 Å². The van der Waals surface area contributed by atoms with Crippen LogP contribution in [0.3, 0.4) is 0 Å². The number of rotatable bonds is 3. The lowest BCUT2D eigenvalue weighted by Gasteiger charge is -2.26. The Hall–Kier alpha value is -1.21. The topological polar surface area (TPSA) is 86.2 Å². The maximum Gasteiger partial charge on any atom is 0.257 e. The van der Waals surface area contributed by atoms with Crippen LogP contribution in [0.15, 0.2) is 27.8 Å². The Labute approximate surface area is 128 Å². The number of anilines is 1. The normalized spacial score (nSPS) is 23.5. The monoisotopic (exact) mass is 326 g/mol. The zero-order chi connectivity index (χ0) is 15.0. The van der Waals surface area contributed by atoms with Crippen LogP contribution >= 0.6 is 11.8 Å². The fourth-order valence-corrected chi connectivity index (χ4v) is 5.20. The largest absolute Gasteiger partial charge is 0.431 e. The van der Waals surface area contributed by atoms with Gasteiger partial charge in [0.1, 0.15) is 15.4 Å². The minimum Gasteiger partial charge on any atom is -0.431 e. The van der Waals surface area contributed by atoms with Gasteiger partial charge in [-0.25, -0.2) is 13.4 Å². The van der Waals surface area contributed by atoms with E-state index in [2.05, 4.69) is 4.98 Å². The third kappa shape index (κ3) is 3.35. The molecule has 1 fully saturated rings. The second-order valence-corrected chi connectivity index (χ2v) is 9.14. The van der Waals surface area contributed by atoms with Gasteiger partial charge in [-0.2, -0.15) is 0 Å². The average molecular weight is 326 g/mol. The van der Waals surface area contributed by atoms with Gasteiger partial charge in [0.15, 0.2) is 5.58 Å². The molecule has 2 unspecified atom stereocenters. The highest BCUT2D eigenvalue weighted by atomic mass is 32.2. The SMILES string of the molecule is CS(=O)(=O)C1CCCC(Sc2nc3ccc(N)cc3o2)C1. The molecule has 3 rings (SSSR count). The van der Waals surface area contributed by atoms with Crippen molar-refractivity contribution in [2.45, 2.75) is 41.4 Å². The zero-order valence-corrected chi connectivity index (χ0v) is 13.4. The number of benzene rings is 1. The van der Waals surface area contributed by atoms with Gasteiger partial charge in [0.25, 0.3) is 5.22 Å². The van der Waals surface area contributed by atoms with Crippen LogP contribution < -0.4 is 5.73 Å². The first-order chi connectivity index (χ1) is 9.91. The molecule has 0 radical (unpaired) electrons. The summed E-state index contributed by atoms with van der Waals surface area (Å²) in [5.74, 6) is 0. The van der Waals surface area contributed by atoms with Gasteiger partial charge in [-0.3, -0.25) is 0 Å². The molecule has 2 aromatic rings. The number of hydrogen-bond acceptors (Lipinski definition) is 6. The van der Waals surface area contributed by atoms with E-state index >= 15 is 0 Å². The summed E-state index contributed by atoms with van der Waals surface area (Å²) >= 11 is 1.53. The number of sulfone groups is 1. The minimum atomic E-state index is -2.96. The van der Waals surface area contributed by atoms with Crippen molar-refractivity contribution in [2.75, 3.05) is 12.0 Å². The molecule has 0 amide bonds. The number of oxazole rings is 1. The maximum absolute atomic E-state index is 11.7. The molecule has 1 saturated carbocycles. The van der Waals surface area contributed by atoms with Gasteiger partial charge < -0.3 is 10.2 Å². The lowest BCUT2D eigenvalue weighted by Crippen LogP contribution is -2.28. The molecule has 1 aromatic carbocycles. The summed E-state index contributed by atoms with van der Waals surface area (Å²) in [5, 5.41) is 0.599. The zero-order valence-electron chi connectivity index (χ0n) is 11.8. The summed E-state index contributed by atoms with van der Waals surface area (Å²) in [6.07, 6.45) is 4.69. The van der Waals surface area contributed by atoms with Crippen molar-refractivity contribution in [3.8, 4) is 0 Å². The van der Waals surface area contributed by atoms with Crippen LogP contribution in [0.1, 0.15) is 25.7 Å². The van der Waals surface area contributed by atoms with Crippen LogP contribution in [0.25, 0.3) is 11.1 Å². The number of thioether (sulfide) groups is 1. The van der Waals surface area contributed by atoms with E-state index in [1.54, 1.807) is 12.1 Å². The van der Waals surface area contributed by atoms with Gasteiger partial charge in [0, 0.05) is 23.3 Å². The summed E-state index contributed by atoms with van der Waals surface area (Å²) in [6.45, 7) is 0. The van der Waals surface area contributed by atoms with Crippen LogP contribution in [0.4, 0.5) is 5.69 Å².